The predicted molar refractivity (Wildman–Crippen MR) is 96.4 cm³/mol. The number of hydrogen-bond acceptors (Lipinski definition) is 1. The molecule has 0 heterocycles. The van der Waals surface area contributed by atoms with Gasteiger partial charge in [0, 0.05) is 5.56 Å². The maximum absolute atomic E-state index is 10.7. The highest BCUT2D eigenvalue weighted by atomic mass is 16.1. The summed E-state index contributed by atoms with van der Waals surface area (Å²) >= 11 is 0. The lowest BCUT2D eigenvalue weighted by Gasteiger charge is -2.04. The molecule has 0 aliphatic heterocycles. The Balaban J connectivity index is 1.74. The molecule has 1 nitrogen and oxygen atoms in total. The number of aldehydes is 1. The molecule has 0 spiro atoms. The van der Waals surface area contributed by atoms with Crippen molar-refractivity contribution in [3.63, 3.8) is 0 Å². The van der Waals surface area contributed by atoms with Crippen molar-refractivity contribution in [2.24, 2.45) is 0 Å². The Morgan fingerprint density at radius 1 is 0.609 bits per heavy atom. The first kappa shape index (κ1) is 15.0. The number of benzene rings is 3. The predicted octanol–water partition coefficient (Wildman–Crippen LogP) is 5.26. The number of carbonyl (C=O) groups excluding carboxylic acids is 1. The van der Waals surface area contributed by atoms with Crippen LogP contribution in [0.2, 0.25) is 0 Å². The molecule has 0 aliphatic carbocycles. The number of hydrogen-bond donors (Lipinski definition) is 0. The third-order valence-electron chi connectivity index (χ3n) is 3.74. The van der Waals surface area contributed by atoms with E-state index in [9.17, 15) is 4.79 Å². The normalized spacial score (nSPS) is 10.8. The maximum Gasteiger partial charge on any atom is 0.150 e. The second-order valence-corrected chi connectivity index (χ2v) is 5.53. The van der Waals surface area contributed by atoms with Gasteiger partial charge in [-0.3, -0.25) is 4.79 Å². The van der Waals surface area contributed by atoms with Crippen LogP contribution in [0.4, 0.5) is 0 Å². The largest absolute Gasteiger partial charge is 0.298 e. The smallest absolute Gasteiger partial charge is 0.150 e. The summed E-state index contributed by atoms with van der Waals surface area (Å²) in [6.07, 6.45) is 6.00. The lowest BCUT2D eigenvalue weighted by molar-refractivity contribution is 0.112. The molecule has 0 saturated heterocycles. The summed E-state index contributed by atoms with van der Waals surface area (Å²) in [5.41, 5.74) is 5.57. The molecule has 3 rings (SSSR count). The molecular weight excluding hydrogens is 280 g/mol. The van der Waals surface area contributed by atoms with E-state index < -0.39 is 0 Å². The maximum atomic E-state index is 10.7. The van der Waals surface area contributed by atoms with Gasteiger partial charge in [0.1, 0.15) is 6.29 Å². The second-order valence-electron chi connectivity index (χ2n) is 5.53. The van der Waals surface area contributed by atoms with Crippen molar-refractivity contribution in [1.29, 1.82) is 0 Å². The fourth-order valence-corrected chi connectivity index (χ4v) is 2.51. The molecule has 0 fully saturated rings. The van der Waals surface area contributed by atoms with Gasteiger partial charge in [-0.05, 0) is 28.7 Å². The van der Waals surface area contributed by atoms with Gasteiger partial charge in [-0.2, -0.15) is 0 Å². The number of rotatable bonds is 5. The first-order valence-electron chi connectivity index (χ1n) is 7.70. The summed E-state index contributed by atoms with van der Waals surface area (Å²) < 4.78 is 0. The molecule has 0 aromatic heterocycles. The highest BCUT2D eigenvalue weighted by Crippen LogP contribution is 2.14. The topological polar surface area (TPSA) is 17.1 Å². The van der Waals surface area contributed by atoms with E-state index in [1.54, 1.807) is 0 Å². The van der Waals surface area contributed by atoms with Crippen LogP contribution in [0.5, 0.6) is 0 Å². The highest BCUT2D eigenvalue weighted by Gasteiger charge is 1.98. The quantitative estimate of drug-likeness (QED) is 0.464. The zero-order chi connectivity index (χ0) is 15.9. The third kappa shape index (κ3) is 4.27. The van der Waals surface area contributed by atoms with Gasteiger partial charge < -0.3 is 0 Å². The van der Waals surface area contributed by atoms with Gasteiger partial charge in [0.2, 0.25) is 0 Å². The van der Waals surface area contributed by atoms with Gasteiger partial charge in [-0.25, -0.2) is 0 Å². The van der Waals surface area contributed by atoms with E-state index in [4.69, 9.17) is 0 Å². The molecule has 0 aliphatic rings. The minimum Gasteiger partial charge on any atom is -0.298 e. The van der Waals surface area contributed by atoms with Crippen LogP contribution >= 0.6 is 0 Å². The van der Waals surface area contributed by atoms with Gasteiger partial charge in [0.15, 0.2) is 0 Å². The molecule has 0 N–H and O–H groups in total. The summed E-state index contributed by atoms with van der Waals surface area (Å²) in [6.45, 7) is 0. The average Bonchev–Trinajstić information content (AvgIpc) is 2.62. The first-order valence-corrected chi connectivity index (χ1v) is 7.70. The molecular formula is C22H18O. The molecule has 0 atom stereocenters. The van der Waals surface area contributed by atoms with Crippen LogP contribution in [-0.2, 0) is 6.42 Å². The SMILES string of the molecule is O=Cc1ccc(Cc2cccc(/C=C/c3ccccc3)c2)cc1. The molecule has 0 bridgehead atoms. The Kier molecular flexibility index (Phi) is 4.80. The average molecular weight is 298 g/mol. The Labute approximate surface area is 136 Å². The van der Waals surface area contributed by atoms with Crippen molar-refractivity contribution in [1.82, 2.24) is 0 Å². The molecule has 3 aromatic carbocycles. The van der Waals surface area contributed by atoms with Crippen molar-refractivity contribution in [2.45, 2.75) is 6.42 Å². The monoisotopic (exact) mass is 298 g/mol. The van der Waals surface area contributed by atoms with E-state index in [1.165, 1.54) is 22.3 Å². The summed E-state index contributed by atoms with van der Waals surface area (Å²) in [5.74, 6) is 0. The second kappa shape index (κ2) is 7.37. The molecule has 112 valence electrons. The van der Waals surface area contributed by atoms with E-state index in [-0.39, 0.29) is 0 Å². The molecule has 0 saturated carbocycles. The van der Waals surface area contributed by atoms with Crippen LogP contribution in [0.25, 0.3) is 12.2 Å². The molecule has 1 heteroatoms. The molecule has 0 amide bonds. The molecule has 0 radical (unpaired) electrons. The van der Waals surface area contributed by atoms with E-state index in [1.807, 2.05) is 42.5 Å². The van der Waals surface area contributed by atoms with Crippen LogP contribution in [-0.4, -0.2) is 6.29 Å². The van der Waals surface area contributed by atoms with Crippen molar-refractivity contribution >= 4 is 18.4 Å². The highest BCUT2D eigenvalue weighted by molar-refractivity contribution is 5.74. The van der Waals surface area contributed by atoms with Gasteiger partial charge in [-0.1, -0.05) is 91.0 Å². The number of carbonyl (C=O) groups is 1. The third-order valence-corrected chi connectivity index (χ3v) is 3.74. The summed E-state index contributed by atoms with van der Waals surface area (Å²) in [6, 6.07) is 26.6. The van der Waals surface area contributed by atoms with E-state index >= 15 is 0 Å². The standard InChI is InChI=1S/C22H18O/c23-17-21-13-11-20(12-14-21)16-22-8-4-7-19(15-22)10-9-18-5-2-1-3-6-18/h1-15,17H,16H2/b10-9+. The van der Waals surface area contributed by atoms with Crippen LogP contribution in [0, 0.1) is 0 Å². The Morgan fingerprint density at radius 3 is 2.04 bits per heavy atom. The Morgan fingerprint density at radius 2 is 1.30 bits per heavy atom. The Hall–Kier alpha value is -2.93. The lowest BCUT2D eigenvalue weighted by atomic mass is 10.0. The molecule has 0 unspecified atom stereocenters. The van der Waals surface area contributed by atoms with E-state index in [0.29, 0.717) is 5.56 Å². The molecule has 3 aromatic rings. The fourth-order valence-electron chi connectivity index (χ4n) is 2.51. The van der Waals surface area contributed by atoms with Crippen molar-refractivity contribution < 1.29 is 4.79 Å². The summed E-state index contributed by atoms with van der Waals surface area (Å²) in [4.78, 5) is 10.7. The van der Waals surface area contributed by atoms with Gasteiger partial charge in [0.25, 0.3) is 0 Å². The van der Waals surface area contributed by atoms with E-state index in [2.05, 4.69) is 48.6 Å². The zero-order valence-electron chi connectivity index (χ0n) is 12.9. The first-order chi connectivity index (χ1) is 11.3. The van der Waals surface area contributed by atoms with Gasteiger partial charge in [0.05, 0.1) is 0 Å². The lowest BCUT2D eigenvalue weighted by Crippen LogP contribution is -1.89. The summed E-state index contributed by atoms with van der Waals surface area (Å²) in [5, 5.41) is 0. The Bertz CT molecular complexity index is 799. The van der Waals surface area contributed by atoms with Crippen LogP contribution in [0.1, 0.15) is 32.6 Å². The van der Waals surface area contributed by atoms with Crippen molar-refractivity contribution in [3.8, 4) is 0 Å². The minimum absolute atomic E-state index is 0.716. The van der Waals surface area contributed by atoms with Crippen molar-refractivity contribution in [2.75, 3.05) is 0 Å². The fraction of sp³-hybridized carbons (Fsp3) is 0.0455. The molecule has 23 heavy (non-hydrogen) atoms. The zero-order valence-corrected chi connectivity index (χ0v) is 12.9. The van der Waals surface area contributed by atoms with Gasteiger partial charge in [-0.15, -0.1) is 0 Å². The summed E-state index contributed by atoms with van der Waals surface area (Å²) in [7, 11) is 0. The van der Waals surface area contributed by atoms with Crippen LogP contribution in [0.3, 0.4) is 0 Å². The minimum atomic E-state index is 0.716. The van der Waals surface area contributed by atoms with Gasteiger partial charge >= 0.3 is 0 Å². The van der Waals surface area contributed by atoms with Crippen molar-refractivity contribution in [3.05, 3.63) is 107 Å². The van der Waals surface area contributed by atoms with Crippen LogP contribution < -0.4 is 0 Å². The van der Waals surface area contributed by atoms with Crippen LogP contribution in [0.15, 0.2) is 78.9 Å². The van der Waals surface area contributed by atoms with E-state index in [0.717, 1.165) is 12.7 Å².